The van der Waals surface area contributed by atoms with Crippen LogP contribution in [0.15, 0.2) is 43.0 Å². The minimum Gasteiger partial charge on any atom is -0.343 e. The molecule has 0 radical (unpaired) electrons. The monoisotopic (exact) mass is 278 g/mol. The summed E-state index contributed by atoms with van der Waals surface area (Å²) in [6.07, 6.45) is 5.43. The number of ether oxygens (including phenoxy) is 2. The van der Waals surface area contributed by atoms with E-state index in [1.807, 2.05) is 42.0 Å². The normalized spacial score (nSPS) is 26.7. The lowest BCUT2D eigenvalue weighted by atomic mass is 10.1. The van der Waals surface area contributed by atoms with Gasteiger partial charge < -0.3 is 14.0 Å². The molecule has 0 N–H and O–H groups in total. The predicted molar refractivity (Wildman–Crippen MR) is 71.9 cm³/mol. The second-order valence-electron chi connectivity index (χ2n) is 4.74. The Bertz CT molecular complexity index is 558. The topological polar surface area (TPSA) is 36.3 Å². The van der Waals surface area contributed by atoms with Gasteiger partial charge in [0.15, 0.2) is 5.79 Å². The predicted octanol–water partition coefficient (Wildman–Crippen LogP) is 2.82. The number of aromatic nitrogens is 2. The van der Waals surface area contributed by atoms with Gasteiger partial charge in [0.05, 0.1) is 19.5 Å². The first-order chi connectivity index (χ1) is 9.17. The lowest BCUT2D eigenvalue weighted by Gasteiger charge is -2.24. The molecule has 3 rings (SSSR count). The van der Waals surface area contributed by atoms with Gasteiger partial charge in [-0.3, -0.25) is 0 Å². The van der Waals surface area contributed by atoms with Crippen LogP contribution >= 0.6 is 11.6 Å². The highest BCUT2D eigenvalue weighted by Gasteiger charge is 2.40. The van der Waals surface area contributed by atoms with Gasteiger partial charge >= 0.3 is 0 Å². The summed E-state index contributed by atoms with van der Waals surface area (Å²) in [6.45, 7) is 3.17. The molecule has 0 unspecified atom stereocenters. The third-order valence-electron chi connectivity index (χ3n) is 3.27. The Kier molecular flexibility index (Phi) is 3.31. The van der Waals surface area contributed by atoms with E-state index in [0.717, 1.165) is 12.1 Å². The van der Waals surface area contributed by atoms with Crippen molar-refractivity contribution in [2.24, 2.45) is 0 Å². The summed E-state index contributed by atoms with van der Waals surface area (Å²) < 4.78 is 13.8. The van der Waals surface area contributed by atoms with E-state index in [9.17, 15) is 0 Å². The van der Waals surface area contributed by atoms with E-state index in [1.54, 1.807) is 12.5 Å². The second kappa shape index (κ2) is 4.96. The summed E-state index contributed by atoms with van der Waals surface area (Å²) in [7, 11) is 0. The van der Waals surface area contributed by atoms with Crippen LogP contribution in [0.3, 0.4) is 0 Å². The molecule has 1 aliphatic heterocycles. The molecule has 1 aromatic heterocycles. The van der Waals surface area contributed by atoms with Crippen molar-refractivity contribution in [1.82, 2.24) is 9.55 Å². The lowest BCUT2D eigenvalue weighted by molar-refractivity contribution is -0.162. The number of hydrogen-bond donors (Lipinski definition) is 0. The SMILES string of the molecule is C[C@]1(c2ccccc2Cl)OC[C@H](Cn2ccnc2)O1. The average Bonchev–Trinajstić information content (AvgIpc) is 3.01. The highest BCUT2D eigenvalue weighted by molar-refractivity contribution is 6.31. The third-order valence-corrected chi connectivity index (χ3v) is 3.60. The van der Waals surface area contributed by atoms with Crippen molar-refractivity contribution in [3.8, 4) is 0 Å². The van der Waals surface area contributed by atoms with Gasteiger partial charge in [-0.15, -0.1) is 0 Å². The molecule has 2 heterocycles. The largest absolute Gasteiger partial charge is 0.343 e. The Labute approximate surface area is 116 Å². The van der Waals surface area contributed by atoms with Crippen LogP contribution in [0.1, 0.15) is 12.5 Å². The molecular formula is C14H15ClN2O2. The van der Waals surface area contributed by atoms with Gasteiger partial charge in [0, 0.05) is 23.0 Å². The van der Waals surface area contributed by atoms with Crippen LogP contribution in [0.2, 0.25) is 5.02 Å². The van der Waals surface area contributed by atoms with Crippen LogP contribution in [0.4, 0.5) is 0 Å². The molecule has 100 valence electrons. The molecular weight excluding hydrogens is 264 g/mol. The molecule has 0 spiro atoms. The van der Waals surface area contributed by atoms with E-state index in [-0.39, 0.29) is 6.10 Å². The fraction of sp³-hybridized carbons (Fsp3) is 0.357. The van der Waals surface area contributed by atoms with Crippen LogP contribution in [-0.4, -0.2) is 22.3 Å². The molecule has 0 amide bonds. The van der Waals surface area contributed by atoms with Crippen LogP contribution in [0.25, 0.3) is 0 Å². The van der Waals surface area contributed by atoms with Crippen LogP contribution in [0, 0.1) is 0 Å². The van der Waals surface area contributed by atoms with Crippen molar-refractivity contribution in [3.05, 3.63) is 53.6 Å². The molecule has 0 saturated carbocycles. The number of imidazole rings is 1. The first-order valence-corrected chi connectivity index (χ1v) is 6.58. The lowest BCUT2D eigenvalue weighted by Crippen LogP contribution is -2.25. The van der Waals surface area contributed by atoms with E-state index in [1.165, 1.54) is 0 Å². The van der Waals surface area contributed by atoms with Gasteiger partial charge in [-0.1, -0.05) is 29.8 Å². The van der Waals surface area contributed by atoms with Crippen molar-refractivity contribution < 1.29 is 9.47 Å². The van der Waals surface area contributed by atoms with E-state index in [2.05, 4.69) is 4.98 Å². The Balaban J connectivity index is 1.75. The Morgan fingerprint density at radius 3 is 3.05 bits per heavy atom. The van der Waals surface area contributed by atoms with E-state index < -0.39 is 5.79 Å². The Morgan fingerprint density at radius 2 is 2.32 bits per heavy atom. The van der Waals surface area contributed by atoms with Gasteiger partial charge in [-0.25, -0.2) is 4.98 Å². The summed E-state index contributed by atoms with van der Waals surface area (Å²) in [5.41, 5.74) is 0.866. The Morgan fingerprint density at radius 1 is 1.47 bits per heavy atom. The van der Waals surface area contributed by atoms with Crippen LogP contribution in [-0.2, 0) is 21.8 Å². The number of rotatable bonds is 3. The molecule has 1 saturated heterocycles. The molecule has 5 heteroatoms. The smallest absolute Gasteiger partial charge is 0.193 e. The molecule has 19 heavy (non-hydrogen) atoms. The maximum Gasteiger partial charge on any atom is 0.193 e. The number of hydrogen-bond acceptors (Lipinski definition) is 3. The zero-order chi connectivity index (χ0) is 13.3. The number of nitrogens with zero attached hydrogens (tertiary/aromatic N) is 2. The second-order valence-corrected chi connectivity index (χ2v) is 5.14. The quantitative estimate of drug-likeness (QED) is 0.866. The highest BCUT2D eigenvalue weighted by Crippen LogP contribution is 2.37. The van der Waals surface area contributed by atoms with Gasteiger partial charge in [0.2, 0.25) is 0 Å². The first kappa shape index (κ1) is 12.7. The third kappa shape index (κ3) is 2.52. The highest BCUT2D eigenvalue weighted by atomic mass is 35.5. The van der Waals surface area contributed by atoms with Crippen molar-refractivity contribution >= 4 is 11.6 Å². The summed E-state index contributed by atoms with van der Waals surface area (Å²) in [4.78, 5) is 4.02. The molecule has 1 fully saturated rings. The minimum atomic E-state index is -0.774. The molecule has 2 atom stereocenters. The van der Waals surface area contributed by atoms with Crippen LogP contribution in [0.5, 0.6) is 0 Å². The van der Waals surface area contributed by atoms with E-state index in [0.29, 0.717) is 11.6 Å². The summed E-state index contributed by atoms with van der Waals surface area (Å²) in [5, 5.41) is 0.660. The number of benzene rings is 1. The zero-order valence-electron chi connectivity index (χ0n) is 10.6. The van der Waals surface area contributed by atoms with E-state index in [4.69, 9.17) is 21.1 Å². The fourth-order valence-electron chi connectivity index (χ4n) is 2.33. The maximum atomic E-state index is 6.21. The van der Waals surface area contributed by atoms with Crippen molar-refractivity contribution in [3.63, 3.8) is 0 Å². The molecule has 2 aromatic rings. The molecule has 1 aliphatic rings. The van der Waals surface area contributed by atoms with Crippen molar-refractivity contribution in [2.75, 3.05) is 6.61 Å². The zero-order valence-corrected chi connectivity index (χ0v) is 11.4. The van der Waals surface area contributed by atoms with Crippen molar-refractivity contribution in [2.45, 2.75) is 25.4 Å². The average molecular weight is 279 g/mol. The van der Waals surface area contributed by atoms with E-state index >= 15 is 0 Å². The Hall–Kier alpha value is -1.36. The summed E-state index contributed by atoms with van der Waals surface area (Å²) in [6, 6.07) is 7.61. The van der Waals surface area contributed by atoms with Crippen LogP contribution < -0.4 is 0 Å². The summed E-state index contributed by atoms with van der Waals surface area (Å²) >= 11 is 6.21. The molecule has 4 nitrogen and oxygen atoms in total. The maximum absolute atomic E-state index is 6.21. The first-order valence-electron chi connectivity index (χ1n) is 6.20. The number of halogens is 1. The molecule has 1 aromatic carbocycles. The molecule has 0 aliphatic carbocycles. The minimum absolute atomic E-state index is 0.00419. The van der Waals surface area contributed by atoms with Gasteiger partial charge in [-0.2, -0.15) is 0 Å². The molecule has 0 bridgehead atoms. The van der Waals surface area contributed by atoms with Gasteiger partial charge in [0.25, 0.3) is 0 Å². The van der Waals surface area contributed by atoms with Gasteiger partial charge in [-0.05, 0) is 13.0 Å². The standard InChI is InChI=1S/C14H15ClN2O2/c1-14(12-4-2-3-5-13(12)15)18-9-11(19-14)8-17-7-6-16-10-17/h2-7,10-11H,8-9H2,1H3/t11-,14-/m0/s1. The summed E-state index contributed by atoms with van der Waals surface area (Å²) in [5.74, 6) is -0.774. The van der Waals surface area contributed by atoms with Crippen molar-refractivity contribution in [1.29, 1.82) is 0 Å². The fourth-order valence-corrected chi connectivity index (χ4v) is 2.64. The van der Waals surface area contributed by atoms with Gasteiger partial charge in [0.1, 0.15) is 6.10 Å².